The minimum absolute atomic E-state index is 0.0767. The van der Waals surface area contributed by atoms with Gasteiger partial charge >= 0.3 is 6.80 Å². The number of hydrogen-bond acceptors (Lipinski definition) is 9. The lowest BCUT2D eigenvalue weighted by atomic mass is 10.0. The number of nitrogens with two attached hydrogens (primary N) is 1. The normalized spacial score (nSPS) is 26.2. The number of aromatic nitrogens is 4. The summed E-state index contributed by atoms with van der Waals surface area (Å²) >= 11 is 3.73. The molecule has 0 radical (unpaired) electrons. The predicted molar refractivity (Wildman–Crippen MR) is 90.2 cm³/mol. The lowest BCUT2D eigenvalue weighted by molar-refractivity contribution is -0.125. The first-order valence-corrected chi connectivity index (χ1v) is 9.87. The third-order valence-corrected chi connectivity index (χ3v) is 5.62. The van der Waals surface area contributed by atoms with Gasteiger partial charge in [-0.2, -0.15) is 4.98 Å². The SMILES string of the molecule is CO[P@](=O)(S)OC[C@H]1O[C@@H](n2cnc3c(=O)[nH]c(N)nc32)C(C)C1=O. The number of carbonyl (C=O) groups is 1. The van der Waals surface area contributed by atoms with Gasteiger partial charge in [0.15, 0.2) is 16.9 Å². The van der Waals surface area contributed by atoms with Crippen LogP contribution in [0.1, 0.15) is 13.2 Å². The molecular formula is C12H16N5O6PS. The van der Waals surface area contributed by atoms with E-state index >= 15 is 0 Å². The lowest BCUT2D eigenvalue weighted by Gasteiger charge is -2.17. The zero-order valence-electron chi connectivity index (χ0n) is 13.3. The highest BCUT2D eigenvalue weighted by atomic mass is 32.7. The van der Waals surface area contributed by atoms with Crippen molar-refractivity contribution in [3.63, 3.8) is 0 Å². The molecule has 4 atom stereocenters. The number of ether oxygens (including phenoxy) is 1. The third-order valence-electron chi connectivity index (χ3n) is 3.84. The van der Waals surface area contributed by atoms with E-state index in [1.54, 1.807) is 6.92 Å². The first kappa shape index (κ1) is 18.1. The molecule has 13 heteroatoms. The van der Waals surface area contributed by atoms with Crippen molar-refractivity contribution in [1.29, 1.82) is 0 Å². The van der Waals surface area contributed by atoms with E-state index in [-0.39, 0.29) is 29.5 Å². The van der Waals surface area contributed by atoms with Gasteiger partial charge in [0.1, 0.15) is 12.3 Å². The Balaban J connectivity index is 1.88. The van der Waals surface area contributed by atoms with Crippen LogP contribution in [0.4, 0.5) is 5.95 Å². The first-order valence-electron chi connectivity index (χ1n) is 7.18. The molecule has 0 amide bonds. The maximum absolute atomic E-state index is 12.4. The molecule has 0 bridgehead atoms. The van der Waals surface area contributed by atoms with Crippen molar-refractivity contribution in [3.8, 4) is 0 Å². The van der Waals surface area contributed by atoms with Crippen LogP contribution >= 0.6 is 19.0 Å². The second kappa shape index (κ2) is 6.54. The Morgan fingerprint density at radius 3 is 2.92 bits per heavy atom. The van der Waals surface area contributed by atoms with Gasteiger partial charge in [0.25, 0.3) is 5.56 Å². The maximum atomic E-state index is 12.4. The van der Waals surface area contributed by atoms with E-state index in [9.17, 15) is 14.2 Å². The number of nitrogen functional groups attached to an aromatic ring is 1. The van der Waals surface area contributed by atoms with Crippen molar-refractivity contribution in [3.05, 3.63) is 16.7 Å². The standard InChI is InChI=1S/C12H16N5O6PS/c1-5-8(18)6(3-22-24(20,25)21-2)23-11(5)17-4-14-7-9(17)15-12(13)16-10(7)19/h4-6,11H,3H2,1-2H3,(H,20,25)(H3,13,15,16,19)/t5?,6-,11-,24+/m1/s1. The van der Waals surface area contributed by atoms with Gasteiger partial charge in [0.2, 0.25) is 5.95 Å². The molecule has 2 aromatic rings. The van der Waals surface area contributed by atoms with Crippen LogP contribution in [0.3, 0.4) is 0 Å². The van der Waals surface area contributed by atoms with Crippen molar-refractivity contribution < 1.29 is 23.1 Å². The topological polar surface area (TPSA) is 151 Å². The van der Waals surface area contributed by atoms with Crippen LogP contribution < -0.4 is 11.3 Å². The number of imidazole rings is 1. The molecule has 3 heterocycles. The summed E-state index contributed by atoms with van der Waals surface area (Å²) in [6.45, 7) is -2.16. The van der Waals surface area contributed by atoms with Crippen molar-refractivity contribution in [2.24, 2.45) is 5.92 Å². The average molecular weight is 389 g/mol. The van der Waals surface area contributed by atoms with Gasteiger partial charge in [-0.3, -0.25) is 23.7 Å². The lowest BCUT2D eigenvalue weighted by Crippen LogP contribution is -2.23. The Labute approximate surface area is 146 Å². The molecule has 0 aromatic carbocycles. The number of aromatic amines is 1. The van der Waals surface area contributed by atoms with Gasteiger partial charge in [-0.05, 0) is 0 Å². The summed E-state index contributed by atoms with van der Waals surface area (Å²) in [7, 11) is 1.18. The van der Waals surface area contributed by atoms with Gasteiger partial charge < -0.3 is 15.0 Å². The number of fused-ring (bicyclic) bond motifs is 1. The van der Waals surface area contributed by atoms with E-state index in [0.29, 0.717) is 0 Å². The zero-order valence-corrected chi connectivity index (χ0v) is 15.1. The van der Waals surface area contributed by atoms with Crippen LogP contribution in [0.15, 0.2) is 11.1 Å². The monoisotopic (exact) mass is 389 g/mol. The zero-order chi connectivity index (χ0) is 18.4. The average Bonchev–Trinajstić information content (AvgIpc) is 3.08. The van der Waals surface area contributed by atoms with Crippen LogP contribution in [0, 0.1) is 5.92 Å². The van der Waals surface area contributed by atoms with Crippen LogP contribution in [-0.2, 0) is 23.1 Å². The number of nitrogens with one attached hydrogen (secondary N) is 1. The molecule has 0 aliphatic carbocycles. The molecule has 1 saturated heterocycles. The molecule has 3 N–H and O–H groups in total. The molecule has 3 rings (SSSR count). The number of thiol groups is 1. The molecule has 1 unspecified atom stereocenters. The number of H-pyrrole nitrogens is 1. The summed E-state index contributed by atoms with van der Waals surface area (Å²) in [5.41, 5.74) is 5.35. The quantitative estimate of drug-likeness (QED) is 0.490. The van der Waals surface area contributed by atoms with Crippen molar-refractivity contribution in [2.75, 3.05) is 19.5 Å². The number of ketones is 1. The molecule has 0 saturated carbocycles. The Hall–Kier alpha value is -1.72. The highest BCUT2D eigenvalue weighted by molar-refractivity contribution is 8.44. The molecule has 1 fully saturated rings. The highest BCUT2D eigenvalue weighted by Crippen LogP contribution is 2.52. The fourth-order valence-corrected chi connectivity index (χ4v) is 3.19. The summed E-state index contributed by atoms with van der Waals surface area (Å²) in [5.74, 6) is -0.906. The van der Waals surface area contributed by atoms with E-state index in [1.807, 2.05) is 0 Å². The number of carbonyl (C=O) groups excluding carboxylic acids is 1. The minimum Gasteiger partial charge on any atom is -0.369 e. The molecule has 1 aliphatic rings. The van der Waals surface area contributed by atoms with Crippen LogP contribution in [0.25, 0.3) is 11.2 Å². The van der Waals surface area contributed by atoms with Gasteiger partial charge in [-0.15, -0.1) is 0 Å². The van der Waals surface area contributed by atoms with Crippen molar-refractivity contribution in [1.82, 2.24) is 19.5 Å². The van der Waals surface area contributed by atoms with Crippen molar-refractivity contribution >= 4 is 41.9 Å². The molecular weight excluding hydrogens is 373 g/mol. The van der Waals surface area contributed by atoms with Gasteiger partial charge in [-0.25, -0.2) is 9.55 Å². The highest BCUT2D eigenvalue weighted by Gasteiger charge is 2.43. The Morgan fingerprint density at radius 1 is 1.52 bits per heavy atom. The first-order chi connectivity index (χ1) is 11.7. The van der Waals surface area contributed by atoms with Crippen LogP contribution in [0.2, 0.25) is 0 Å². The number of anilines is 1. The van der Waals surface area contributed by atoms with Crippen LogP contribution in [-0.4, -0.2) is 45.1 Å². The van der Waals surface area contributed by atoms with Gasteiger partial charge in [0.05, 0.1) is 18.9 Å². The summed E-state index contributed by atoms with van der Waals surface area (Å²) in [6, 6.07) is 0. The van der Waals surface area contributed by atoms with Crippen molar-refractivity contribution in [2.45, 2.75) is 19.3 Å². The largest absolute Gasteiger partial charge is 0.385 e. The summed E-state index contributed by atoms with van der Waals surface area (Å²) in [5, 5.41) is 0. The van der Waals surface area contributed by atoms with E-state index < -0.39 is 30.6 Å². The summed E-state index contributed by atoms with van der Waals surface area (Å²) in [6.07, 6.45) is -0.378. The second-order valence-corrected chi connectivity index (χ2v) is 8.46. The molecule has 11 nitrogen and oxygen atoms in total. The second-order valence-electron chi connectivity index (χ2n) is 5.43. The minimum atomic E-state index is -3.54. The Kier molecular flexibility index (Phi) is 4.73. The third kappa shape index (κ3) is 3.35. The maximum Gasteiger partial charge on any atom is 0.385 e. The Morgan fingerprint density at radius 2 is 2.24 bits per heavy atom. The molecule has 25 heavy (non-hydrogen) atoms. The van der Waals surface area contributed by atoms with Crippen LogP contribution in [0.5, 0.6) is 0 Å². The van der Waals surface area contributed by atoms with E-state index in [4.69, 9.17) is 15.0 Å². The van der Waals surface area contributed by atoms with Gasteiger partial charge in [-0.1, -0.05) is 19.2 Å². The number of Topliss-reactive ketones (excluding diaryl/α,β-unsaturated/α-hetero) is 1. The number of nitrogens with zero attached hydrogens (tertiary/aromatic N) is 3. The summed E-state index contributed by atoms with van der Waals surface area (Å²) < 4.78 is 28.4. The number of hydrogen-bond donors (Lipinski definition) is 3. The van der Waals surface area contributed by atoms with Gasteiger partial charge in [0, 0.05) is 7.11 Å². The van der Waals surface area contributed by atoms with E-state index in [0.717, 1.165) is 0 Å². The van der Waals surface area contributed by atoms with E-state index in [1.165, 1.54) is 18.0 Å². The fraction of sp³-hybridized carbons (Fsp3) is 0.500. The molecule has 1 aliphatic heterocycles. The molecule has 136 valence electrons. The predicted octanol–water partition coefficient (Wildman–Crippen LogP) is 0.505. The molecule has 2 aromatic heterocycles. The fourth-order valence-electron chi connectivity index (χ4n) is 2.56. The molecule has 0 spiro atoms. The van der Waals surface area contributed by atoms with E-state index in [2.05, 4.69) is 31.7 Å². The summed E-state index contributed by atoms with van der Waals surface area (Å²) in [4.78, 5) is 34.6. The smallest absolute Gasteiger partial charge is 0.369 e. The Bertz CT molecular complexity index is 928. The number of rotatable bonds is 5.